The highest BCUT2D eigenvalue weighted by molar-refractivity contribution is 14.0. The summed E-state index contributed by atoms with van der Waals surface area (Å²) in [6, 6.07) is 7.78. The number of thioether (sulfide) groups is 1. The Labute approximate surface area is 177 Å². The Morgan fingerprint density at radius 1 is 1.20 bits per heavy atom. The van der Waals surface area contributed by atoms with Gasteiger partial charge >= 0.3 is 0 Å². The minimum atomic E-state index is -0.242. The predicted octanol–water partition coefficient (Wildman–Crippen LogP) is 3.52. The van der Waals surface area contributed by atoms with Crippen LogP contribution in [0.15, 0.2) is 34.2 Å². The normalized spacial score (nSPS) is 11.5. The SMILES string of the molecule is CCNC(=NCC(=O)NC(C)(C)C)NCCSc1ccc(Cl)cc1.I. The Balaban J connectivity index is 0.00000576. The van der Waals surface area contributed by atoms with Crippen molar-refractivity contribution in [2.75, 3.05) is 25.4 Å². The quantitative estimate of drug-likeness (QED) is 0.177. The van der Waals surface area contributed by atoms with Crippen LogP contribution in [-0.4, -0.2) is 42.8 Å². The van der Waals surface area contributed by atoms with Gasteiger partial charge < -0.3 is 16.0 Å². The maximum absolute atomic E-state index is 11.8. The molecule has 0 aliphatic rings. The molecule has 0 aliphatic carbocycles. The van der Waals surface area contributed by atoms with Gasteiger partial charge in [-0.15, -0.1) is 35.7 Å². The number of rotatable bonds is 7. The third-order valence-corrected chi connectivity index (χ3v) is 3.98. The second-order valence-electron chi connectivity index (χ2n) is 6.22. The molecule has 5 nitrogen and oxygen atoms in total. The van der Waals surface area contributed by atoms with E-state index in [-0.39, 0.29) is 42.0 Å². The summed E-state index contributed by atoms with van der Waals surface area (Å²) >= 11 is 7.61. The second kappa shape index (κ2) is 12.6. The smallest absolute Gasteiger partial charge is 0.242 e. The Bertz CT molecular complexity index is 547. The maximum atomic E-state index is 11.8. The number of aliphatic imine (C=N–C) groups is 1. The molecule has 1 aromatic carbocycles. The van der Waals surface area contributed by atoms with Crippen molar-refractivity contribution in [1.82, 2.24) is 16.0 Å². The van der Waals surface area contributed by atoms with Gasteiger partial charge in [-0.3, -0.25) is 4.79 Å². The lowest BCUT2D eigenvalue weighted by Crippen LogP contribution is -2.43. The monoisotopic (exact) mass is 498 g/mol. The van der Waals surface area contributed by atoms with Crippen LogP contribution in [0.1, 0.15) is 27.7 Å². The van der Waals surface area contributed by atoms with Crippen molar-refractivity contribution >= 4 is 59.2 Å². The molecule has 3 N–H and O–H groups in total. The number of hydrogen-bond acceptors (Lipinski definition) is 3. The number of carbonyl (C=O) groups excluding carboxylic acids is 1. The van der Waals surface area contributed by atoms with E-state index in [1.807, 2.05) is 52.0 Å². The van der Waals surface area contributed by atoms with Crippen LogP contribution < -0.4 is 16.0 Å². The first-order valence-electron chi connectivity index (χ1n) is 8.01. The van der Waals surface area contributed by atoms with E-state index in [4.69, 9.17) is 11.6 Å². The number of carbonyl (C=O) groups is 1. The summed E-state index contributed by atoms with van der Waals surface area (Å²) in [6.45, 7) is 9.45. The van der Waals surface area contributed by atoms with Gasteiger partial charge in [0.1, 0.15) is 6.54 Å². The van der Waals surface area contributed by atoms with Gasteiger partial charge in [0.15, 0.2) is 5.96 Å². The van der Waals surface area contributed by atoms with Gasteiger partial charge in [-0.1, -0.05) is 11.6 Å². The summed E-state index contributed by atoms with van der Waals surface area (Å²) in [5, 5.41) is 10.0. The van der Waals surface area contributed by atoms with E-state index in [2.05, 4.69) is 20.9 Å². The Hall–Kier alpha value is -0.670. The molecule has 0 unspecified atom stereocenters. The lowest BCUT2D eigenvalue weighted by molar-refractivity contribution is -0.121. The molecule has 142 valence electrons. The first kappa shape index (κ1) is 24.3. The van der Waals surface area contributed by atoms with E-state index < -0.39 is 0 Å². The Kier molecular flexibility index (Phi) is 12.3. The fourth-order valence-electron chi connectivity index (χ4n) is 1.82. The first-order chi connectivity index (χ1) is 11.3. The topological polar surface area (TPSA) is 65.5 Å². The third-order valence-electron chi connectivity index (χ3n) is 2.72. The van der Waals surface area contributed by atoms with Crippen LogP contribution in [0.3, 0.4) is 0 Å². The summed E-state index contributed by atoms with van der Waals surface area (Å²) < 4.78 is 0. The highest BCUT2D eigenvalue weighted by Crippen LogP contribution is 2.19. The van der Waals surface area contributed by atoms with Gasteiger partial charge in [-0.2, -0.15) is 0 Å². The zero-order valence-electron chi connectivity index (χ0n) is 15.2. The van der Waals surface area contributed by atoms with E-state index in [1.165, 1.54) is 4.90 Å². The van der Waals surface area contributed by atoms with Gasteiger partial charge in [0.2, 0.25) is 5.91 Å². The van der Waals surface area contributed by atoms with Crippen molar-refractivity contribution in [2.24, 2.45) is 4.99 Å². The molecule has 0 fully saturated rings. The highest BCUT2D eigenvalue weighted by Gasteiger charge is 2.13. The molecule has 0 bridgehead atoms. The zero-order valence-corrected chi connectivity index (χ0v) is 19.1. The van der Waals surface area contributed by atoms with Crippen molar-refractivity contribution in [3.05, 3.63) is 29.3 Å². The molecule has 25 heavy (non-hydrogen) atoms. The standard InChI is InChI=1S/C17H27ClN4OS.HI/c1-5-19-16(21-12-15(23)22-17(2,3)4)20-10-11-24-14-8-6-13(18)7-9-14;/h6-9H,5,10-12H2,1-4H3,(H,22,23)(H2,19,20,21);1H. The number of nitrogens with zero attached hydrogens (tertiary/aromatic N) is 1. The molecular formula is C17H28ClIN4OS. The molecule has 0 radical (unpaired) electrons. The van der Waals surface area contributed by atoms with E-state index in [0.717, 1.165) is 23.9 Å². The second-order valence-corrected chi connectivity index (χ2v) is 7.83. The van der Waals surface area contributed by atoms with Gasteiger partial charge in [-0.05, 0) is 52.0 Å². The van der Waals surface area contributed by atoms with Crippen LogP contribution in [0.2, 0.25) is 5.02 Å². The van der Waals surface area contributed by atoms with Gasteiger partial charge in [0, 0.05) is 34.3 Å². The average molecular weight is 499 g/mol. The van der Waals surface area contributed by atoms with Crippen molar-refractivity contribution in [2.45, 2.75) is 38.1 Å². The van der Waals surface area contributed by atoms with Gasteiger partial charge in [-0.25, -0.2) is 4.99 Å². The fraction of sp³-hybridized carbons (Fsp3) is 0.529. The molecular weight excluding hydrogens is 471 g/mol. The van der Waals surface area contributed by atoms with Crippen LogP contribution >= 0.6 is 47.3 Å². The lowest BCUT2D eigenvalue weighted by atomic mass is 10.1. The summed E-state index contributed by atoms with van der Waals surface area (Å²) in [5.74, 6) is 1.45. The Morgan fingerprint density at radius 2 is 1.84 bits per heavy atom. The van der Waals surface area contributed by atoms with Crippen LogP contribution in [-0.2, 0) is 4.79 Å². The molecule has 0 aliphatic heterocycles. The average Bonchev–Trinajstić information content (AvgIpc) is 2.49. The van der Waals surface area contributed by atoms with E-state index in [1.54, 1.807) is 11.8 Å². The largest absolute Gasteiger partial charge is 0.357 e. The molecule has 0 saturated heterocycles. The van der Waals surface area contributed by atoms with Crippen molar-refractivity contribution < 1.29 is 4.79 Å². The van der Waals surface area contributed by atoms with E-state index in [9.17, 15) is 4.79 Å². The van der Waals surface area contributed by atoms with Crippen LogP contribution in [0.5, 0.6) is 0 Å². The summed E-state index contributed by atoms with van der Waals surface area (Å²) in [6.07, 6.45) is 0. The van der Waals surface area contributed by atoms with Crippen molar-refractivity contribution in [3.8, 4) is 0 Å². The maximum Gasteiger partial charge on any atom is 0.242 e. The lowest BCUT2D eigenvalue weighted by Gasteiger charge is -2.20. The molecule has 0 heterocycles. The minimum absolute atomic E-state index is 0. The van der Waals surface area contributed by atoms with Crippen molar-refractivity contribution in [1.29, 1.82) is 0 Å². The van der Waals surface area contributed by atoms with Gasteiger partial charge in [0.25, 0.3) is 0 Å². The van der Waals surface area contributed by atoms with Gasteiger partial charge in [0.05, 0.1) is 0 Å². The van der Waals surface area contributed by atoms with Crippen LogP contribution in [0.25, 0.3) is 0 Å². The molecule has 8 heteroatoms. The molecule has 0 spiro atoms. The third kappa shape index (κ3) is 12.3. The summed E-state index contributed by atoms with van der Waals surface area (Å²) in [4.78, 5) is 17.3. The molecule has 0 saturated carbocycles. The molecule has 1 aromatic rings. The number of nitrogens with one attached hydrogen (secondary N) is 3. The number of guanidine groups is 1. The number of benzene rings is 1. The molecule has 1 amide bonds. The highest BCUT2D eigenvalue weighted by atomic mass is 127. The van der Waals surface area contributed by atoms with E-state index >= 15 is 0 Å². The van der Waals surface area contributed by atoms with Crippen molar-refractivity contribution in [3.63, 3.8) is 0 Å². The molecule has 0 aromatic heterocycles. The fourth-order valence-corrected chi connectivity index (χ4v) is 2.71. The number of hydrogen-bond donors (Lipinski definition) is 3. The number of amides is 1. The first-order valence-corrected chi connectivity index (χ1v) is 9.38. The minimum Gasteiger partial charge on any atom is -0.357 e. The predicted molar refractivity (Wildman–Crippen MR) is 119 cm³/mol. The molecule has 1 rings (SSSR count). The van der Waals surface area contributed by atoms with E-state index in [0.29, 0.717) is 5.96 Å². The number of halogens is 2. The summed E-state index contributed by atoms with van der Waals surface area (Å²) in [7, 11) is 0. The van der Waals surface area contributed by atoms with Crippen LogP contribution in [0.4, 0.5) is 0 Å². The zero-order chi connectivity index (χ0) is 18.0. The molecule has 0 atom stereocenters. The van der Waals surface area contributed by atoms with Crippen LogP contribution in [0, 0.1) is 0 Å². The summed E-state index contributed by atoms with van der Waals surface area (Å²) in [5.41, 5.74) is -0.242. The Morgan fingerprint density at radius 3 is 2.40 bits per heavy atom.